The monoisotopic (exact) mass is 219 g/mol. The first-order valence-electron chi connectivity index (χ1n) is 6.12. The first-order valence-corrected chi connectivity index (χ1v) is 6.12. The molecule has 16 heavy (non-hydrogen) atoms. The molecule has 0 heterocycles. The van der Waals surface area contributed by atoms with Gasteiger partial charge in [-0.05, 0) is 43.7 Å². The van der Waals surface area contributed by atoms with Gasteiger partial charge in [-0.3, -0.25) is 0 Å². The normalized spacial score (nSPS) is 19.4. The quantitative estimate of drug-likeness (QED) is 0.798. The number of benzene rings is 1. The minimum atomic E-state index is 0.191. The molecule has 1 saturated carbocycles. The molecule has 1 aromatic rings. The first kappa shape index (κ1) is 11.6. The van der Waals surface area contributed by atoms with Gasteiger partial charge >= 0.3 is 0 Å². The summed E-state index contributed by atoms with van der Waals surface area (Å²) in [5.74, 6) is 0. The zero-order chi connectivity index (χ0) is 11.4. The van der Waals surface area contributed by atoms with E-state index in [2.05, 4.69) is 31.2 Å². The van der Waals surface area contributed by atoms with Gasteiger partial charge in [-0.2, -0.15) is 0 Å². The summed E-state index contributed by atoms with van der Waals surface area (Å²) < 4.78 is 5.95. The van der Waals surface area contributed by atoms with Crippen molar-refractivity contribution in [2.75, 3.05) is 13.2 Å². The summed E-state index contributed by atoms with van der Waals surface area (Å²) in [7, 11) is 0. The van der Waals surface area contributed by atoms with Crippen LogP contribution in [-0.2, 0) is 4.74 Å². The fourth-order valence-corrected chi connectivity index (χ4v) is 2.07. The summed E-state index contributed by atoms with van der Waals surface area (Å²) in [5.41, 5.74) is 7.29. The van der Waals surface area contributed by atoms with E-state index < -0.39 is 0 Å². The largest absolute Gasteiger partial charge is 0.373 e. The lowest BCUT2D eigenvalue weighted by Crippen LogP contribution is -2.16. The Morgan fingerprint density at radius 1 is 1.31 bits per heavy atom. The fourth-order valence-electron chi connectivity index (χ4n) is 2.07. The Bertz CT molecular complexity index is 319. The van der Waals surface area contributed by atoms with Crippen LogP contribution in [0.1, 0.15) is 37.9 Å². The molecule has 1 aliphatic carbocycles. The molecule has 1 atom stereocenters. The Hall–Kier alpha value is -0.860. The highest BCUT2D eigenvalue weighted by atomic mass is 16.5. The Morgan fingerprint density at radius 3 is 2.56 bits per heavy atom. The van der Waals surface area contributed by atoms with Crippen LogP contribution in [0.25, 0.3) is 0 Å². The Kier molecular flexibility index (Phi) is 3.62. The second-order valence-electron chi connectivity index (χ2n) is 4.90. The molecule has 0 radical (unpaired) electrons. The molecule has 1 fully saturated rings. The third-order valence-corrected chi connectivity index (χ3v) is 3.54. The van der Waals surface area contributed by atoms with Crippen molar-refractivity contribution in [2.45, 2.75) is 32.3 Å². The van der Waals surface area contributed by atoms with Crippen molar-refractivity contribution in [3.8, 4) is 0 Å². The molecule has 1 aliphatic rings. The van der Waals surface area contributed by atoms with Gasteiger partial charge in [-0.15, -0.1) is 0 Å². The molecular weight excluding hydrogens is 198 g/mol. The van der Waals surface area contributed by atoms with Crippen LogP contribution in [0, 0.1) is 5.41 Å². The smallest absolute Gasteiger partial charge is 0.0797 e. The molecule has 1 aromatic carbocycles. The van der Waals surface area contributed by atoms with Gasteiger partial charge < -0.3 is 10.5 Å². The van der Waals surface area contributed by atoms with Crippen molar-refractivity contribution < 1.29 is 4.74 Å². The number of rotatable bonds is 6. The third-order valence-electron chi connectivity index (χ3n) is 3.54. The van der Waals surface area contributed by atoms with Gasteiger partial charge in [0.2, 0.25) is 0 Å². The highest BCUT2D eigenvalue weighted by Crippen LogP contribution is 2.49. The van der Waals surface area contributed by atoms with Crippen LogP contribution >= 0.6 is 0 Å². The van der Waals surface area contributed by atoms with Gasteiger partial charge in [-0.1, -0.05) is 30.3 Å². The lowest BCUT2D eigenvalue weighted by Gasteiger charge is -2.19. The van der Waals surface area contributed by atoms with Crippen LogP contribution < -0.4 is 5.73 Å². The van der Waals surface area contributed by atoms with E-state index in [-0.39, 0.29) is 6.10 Å². The van der Waals surface area contributed by atoms with Crippen molar-refractivity contribution in [1.82, 2.24) is 0 Å². The summed E-state index contributed by atoms with van der Waals surface area (Å²) in [6.07, 6.45) is 3.86. The van der Waals surface area contributed by atoms with Crippen LogP contribution in [-0.4, -0.2) is 13.2 Å². The Balaban J connectivity index is 1.82. The molecule has 2 heteroatoms. The minimum Gasteiger partial charge on any atom is -0.373 e. The predicted molar refractivity (Wildman–Crippen MR) is 66.1 cm³/mol. The summed E-state index contributed by atoms with van der Waals surface area (Å²) >= 11 is 0. The van der Waals surface area contributed by atoms with E-state index in [1.807, 2.05) is 6.07 Å². The van der Waals surface area contributed by atoms with Crippen LogP contribution in [0.15, 0.2) is 30.3 Å². The van der Waals surface area contributed by atoms with Gasteiger partial charge in [-0.25, -0.2) is 0 Å². The maximum absolute atomic E-state index is 5.95. The molecule has 1 unspecified atom stereocenters. The number of hydrogen-bond donors (Lipinski definition) is 1. The van der Waals surface area contributed by atoms with Crippen molar-refractivity contribution >= 4 is 0 Å². The van der Waals surface area contributed by atoms with E-state index in [1.54, 1.807) is 0 Å². The maximum atomic E-state index is 5.95. The Labute approximate surface area is 97.8 Å². The molecule has 2 rings (SSSR count). The third kappa shape index (κ3) is 2.83. The van der Waals surface area contributed by atoms with Crippen molar-refractivity contribution in [1.29, 1.82) is 0 Å². The summed E-state index contributed by atoms with van der Waals surface area (Å²) in [5, 5.41) is 0. The molecule has 0 spiro atoms. The van der Waals surface area contributed by atoms with Gasteiger partial charge in [0.05, 0.1) is 12.7 Å². The Morgan fingerprint density at radius 2 is 2.00 bits per heavy atom. The fraction of sp³-hybridized carbons (Fsp3) is 0.571. The molecule has 0 aromatic heterocycles. The molecule has 0 amide bonds. The standard InChI is InChI=1S/C14H21NO/c1-12(13-5-3-2-4-6-13)16-11-14(7-8-14)9-10-15/h2-6,12H,7-11,15H2,1H3. The van der Waals surface area contributed by atoms with Gasteiger partial charge in [0.25, 0.3) is 0 Å². The topological polar surface area (TPSA) is 35.2 Å². The first-order chi connectivity index (χ1) is 7.76. The van der Waals surface area contributed by atoms with E-state index in [0.717, 1.165) is 19.6 Å². The van der Waals surface area contributed by atoms with Crippen molar-refractivity contribution in [3.63, 3.8) is 0 Å². The lowest BCUT2D eigenvalue weighted by molar-refractivity contribution is 0.0302. The summed E-state index contributed by atoms with van der Waals surface area (Å²) in [4.78, 5) is 0. The van der Waals surface area contributed by atoms with Gasteiger partial charge in [0, 0.05) is 0 Å². The van der Waals surface area contributed by atoms with Gasteiger partial charge in [0.15, 0.2) is 0 Å². The minimum absolute atomic E-state index is 0.191. The number of nitrogens with two attached hydrogens (primary N) is 1. The lowest BCUT2D eigenvalue weighted by atomic mass is 10.0. The molecule has 0 saturated heterocycles. The van der Waals surface area contributed by atoms with Crippen LogP contribution in [0.5, 0.6) is 0 Å². The highest BCUT2D eigenvalue weighted by Gasteiger charge is 2.42. The SMILES string of the molecule is CC(OCC1(CCN)CC1)c1ccccc1. The number of ether oxygens (including phenoxy) is 1. The van der Waals surface area contributed by atoms with Crippen molar-refractivity contribution in [2.24, 2.45) is 11.1 Å². The second kappa shape index (κ2) is 4.98. The predicted octanol–water partition coefficient (Wildman–Crippen LogP) is 2.89. The van der Waals surface area contributed by atoms with Gasteiger partial charge in [0.1, 0.15) is 0 Å². The second-order valence-corrected chi connectivity index (χ2v) is 4.90. The number of hydrogen-bond acceptors (Lipinski definition) is 2. The summed E-state index contributed by atoms with van der Waals surface area (Å²) in [6.45, 7) is 3.76. The molecule has 88 valence electrons. The highest BCUT2D eigenvalue weighted by molar-refractivity contribution is 5.16. The van der Waals surface area contributed by atoms with E-state index in [4.69, 9.17) is 10.5 Å². The van der Waals surface area contributed by atoms with Crippen molar-refractivity contribution in [3.05, 3.63) is 35.9 Å². The average molecular weight is 219 g/mol. The molecule has 2 N–H and O–H groups in total. The van der Waals surface area contributed by atoms with Crippen LogP contribution in [0.4, 0.5) is 0 Å². The van der Waals surface area contributed by atoms with E-state index in [9.17, 15) is 0 Å². The van der Waals surface area contributed by atoms with E-state index >= 15 is 0 Å². The molecule has 0 aliphatic heterocycles. The van der Waals surface area contributed by atoms with Crippen LogP contribution in [0.2, 0.25) is 0 Å². The summed E-state index contributed by atoms with van der Waals surface area (Å²) in [6, 6.07) is 10.4. The van der Waals surface area contributed by atoms with E-state index in [1.165, 1.54) is 18.4 Å². The van der Waals surface area contributed by atoms with Crippen LogP contribution in [0.3, 0.4) is 0 Å². The molecule has 0 bridgehead atoms. The zero-order valence-electron chi connectivity index (χ0n) is 9.99. The van der Waals surface area contributed by atoms with E-state index in [0.29, 0.717) is 5.41 Å². The zero-order valence-corrected chi connectivity index (χ0v) is 9.99. The molecular formula is C14H21NO. The average Bonchev–Trinajstić information content (AvgIpc) is 3.08. The maximum Gasteiger partial charge on any atom is 0.0797 e. The molecule has 2 nitrogen and oxygen atoms in total.